The van der Waals surface area contributed by atoms with Crippen molar-refractivity contribution in [2.24, 2.45) is 0 Å². The fourth-order valence-corrected chi connectivity index (χ4v) is 0.887. The van der Waals surface area contributed by atoms with Gasteiger partial charge in [0.15, 0.2) is 0 Å². The number of alkyl halides is 1. The van der Waals surface area contributed by atoms with Gasteiger partial charge in [0.25, 0.3) is 0 Å². The zero-order valence-corrected chi connectivity index (χ0v) is 7.09. The summed E-state index contributed by atoms with van der Waals surface area (Å²) in [6.45, 7) is -0.173. The van der Waals surface area contributed by atoms with Crippen molar-refractivity contribution in [3.05, 3.63) is 24.0 Å². The zero-order chi connectivity index (χ0) is 9.68. The minimum atomic E-state index is -0.429. The summed E-state index contributed by atoms with van der Waals surface area (Å²) in [5.74, 6) is -0.00908. The highest BCUT2D eigenvalue weighted by Crippen LogP contribution is 2.21. The van der Waals surface area contributed by atoms with E-state index in [1.165, 1.54) is 18.2 Å². The maximum absolute atomic E-state index is 12.5. The molecule has 4 heteroatoms. The summed E-state index contributed by atoms with van der Waals surface area (Å²) in [6, 6.07) is 3.86. The maximum Gasteiger partial charge on any atom is 0.142 e. The molecule has 0 saturated heterocycles. The number of halogens is 2. The molecule has 0 aliphatic heterocycles. The Kier molecular flexibility index (Phi) is 3.49. The summed E-state index contributed by atoms with van der Waals surface area (Å²) in [5.41, 5.74) is 5.68. The van der Waals surface area contributed by atoms with Crippen LogP contribution < -0.4 is 10.5 Å². The van der Waals surface area contributed by atoms with E-state index in [1.54, 1.807) is 0 Å². The number of hydrogen-bond donors (Lipinski definition) is 1. The van der Waals surface area contributed by atoms with Gasteiger partial charge in [-0.15, -0.1) is 0 Å². The molecule has 0 radical (unpaired) electrons. The second-order valence-electron chi connectivity index (χ2n) is 2.57. The van der Waals surface area contributed by atoms with Crippen LogP contribution >= 0.6 is 0 Å². The summed E-state index contributed by atoms with van der Waals surface area (Å²) in [7, 11) is 0. The predicted molar refractivity (Wildman–Crippen MR) is 46.9 cm³/mol. The van der Waals surface area contributed by atoms with E-state index >= 15 is 0 Å². The van der Waals surface area contributed by atoms with E-state index in [0.717, 1.165) is 0 Å². The molecule has 0 aliphatic carbocycles. The standard InChI is InChI=1S/C9H11F2NO/c10-4-1-5-13-9-3-2-7(11)6-8(9)12/h2-3,6H,1,4-5,12H2. The third kappa shape index (κ3) is 2.89. The molecule has 1 aromatic carbocycles. The average molecular weight is 187 g/mol. The summed E-state index contributed by atoms with van der Waals surface area (Å²) in [6.07, 6.45) is 0.316. The first-order valence-corrected chi connectivity index (χ1v) is 3.98. The molecule has 0 fully saturated rings. The molecule has 0 aliphatic rings. The summed E-state index contributed by atoms with van der Waals surface area (Å²) < 4.78 is 29.3. The average Bonchev–Trinajstić information content (AvgIpc) is 2.09. The Morgan fingerprint density at radius 3 is 2.77 bits per heavy atom. The van der Waals surface area contributed by atoms with Crippen LogP contribution in [0.15, 0.2) is 18.2 Å². The van der Waals surface area contributed by atoms with Gasteiger partial charge in [-0.25, -0.2) is 4.39 Å². The number of ether oxygens (including phenoxy) is 1. The second-order valence-corrected chi connectivity index (χ2v) is 2.57. The molecular formula is C9H11F2NO. The van der Waals surface area contributed by atoms with E-state index in [4.69, 9.17) is 10.5 Å². The van der Waals surface area contributed by atoms with Crippen molar-refractivity contribution in [2.75, 3.05) is 19.0 Å². The summed E-state index contributed by atoms with van der Waals surface area (Å²) >= 11 is 0. The van der Waals surface area contributed by atoms with Crippen LogP contribution in [0.4, 0.5) is 14.5 Å². The number of nitrogens with two attached hydrogens (primary N) is 1. The van der Waals surface area contributed by atoms with Crippen LogP contribution in [0, 0.1) is 5.82 Å². The van der Waals surface area contributed by atoms with Crippen molar-refractivity contribution in [3.63, 3.8) is 0 Å². The molecule has 0 aromatic heterocycles. The molecule has 2 N–H and O–H groups in total. The molecule has 0 amide bonds. The second kappa shape index (κ2) is 4.64. The Labute approximate surface area is 75.3 Å². The van der Waals surface area contributed by atoms with Gasteiger partial charge in [-0.05, 0) is 12.1 Å². The Morgan fingerprint density at radius 1 is 1.38 bits per heavy atom. The lowest BCUT2D eigenvalue weighted by Crippen LogP contribution is -2.01. The first-order chi connectivity index (χ1) is 6.24. The molecule has 0 spiro atoms. The molecule has 1 aromatic rings. The van der Waals surface area contributed by atoms with Crippen LogP contribution in [0.2, 0.25) is 0 Å². The molecule has 0 heterocycles. The lowest BCUT2D eigenvalue weighted by atomic mass is 10.3. The molecule has 72 valence electrons. The summed E-state index contributed by atoms with van der Waals surface area (Å²) in [5, 5.41) is 0. The summed E-state index contributed by atoms with van der Waals surface area (Å²) in [4.78, 5) is 0. The van der Waals surface area contributed by atoms with Crippen LogP contribution in [-0.4, -0.2) is 13.3 Å². The van der Waals surface area contributed by atoms with Gasteiger partial charge >= 0.3 is 0 Å². The van der Waals surface area contributed by atoms with Gasteiger partial charge in [0.2, 0.25) is 0 Å². The van der Waals surface area contributed by atoms with E-state index in [0.29, 0.717) is 12.2 Å². The molecule has 0 bridgehead atoms. The van der Waals surface area contributed by atoms with Crippen molar-refractivity contribution in [1.82, 2.24) is 0 Å². The highest BCUT2D eigenvalue weighted by molar-refractivity contribution is 5.52. The molecule has 0 atom stereocenters. The molecule has 13 heavy (non-hydrogen) atoms. The first kappa shape index (κ1) is 9.77. The van der Waals surface area contributed by atoms with Crippen LogP contribution in [-0.2, 0) is 0 Å². The molecule has 2 nitrogen and oxygen atoms in total. The third-order valence-electron chi connectivity index (χ3n) is 1.51. The Balaban J connectivity index is 2.56. The normalized spacial score (nSPS) is 10.0. The smallest absolute Gasteiger partial charge is 0.142 e. The van der Waals surface area contributed by atoms with E-state index in [-0.39, 0.29) is 12.3 Å². The van der Waals surface area contributed by atoms with Crippen molar-refractivity contribution in [3.8, 4) is 5.75 Å². The molecule has 1 rings (SSSR count). The largest absolute Gasteiger partial charge is 0.491 e. The van der Waals surface area contributed by atoms with Gasteiger partial charge in [-0.2, -0.15) is 0 Å². The number of rotatable bonds is 4. The Morgan fingerprint density at radius 2 is 2.15 bits per heavy atom. The SMILES string of the molecule is Nc1cc(F)ccc1OCCCF. The van der Waals surface area contributed by atoms with Crippen LogP contribution in [0.1, 0.15) is 6.42 Å². The van der Waals surface area contributed by atoms with Crippen LogP contribution in [0.3, 0.4) is 0 Å². The van der Waals surface area contributed by atoms with Gasteiger partial charge in [0.05, 0.1) is 19.0 Å². The Bertz CT molecular complexity index is 278. The maximum atomic E-state index is 12.5. The molecular weight excluding hydrogens is 176 g/mol. The highest BCUT2D eigenvalue weighted by Gasteiger charge is 2.00. The van der Waals surface area contributed by atoms with E-state index in [1.807, 2.05) is 0 Å². The van der Waals surface area contributed by atoms with Gasteiger partial charge in [-0.1, -0.05) is 0 Å². The predicted octanol–water partition coefficient (Wildman–Crippen LogP) is 2.15. The van der Waals surface area contributed by atoms with Crippen LogP contribution in [0.25, 0.3) is 0 Å². The zero-order valence-electron chi connectivity index (χ0n) is 7.09. The number of nitrogen functional groups attached to an aromatic ring is 1. The van der Waals surface area contributed by atoms with E-state index in [9.17, 15) is 8.78 Å². The van der Waals surface area contributed by atoms with Gasteiger partial charge < -0.3 is 10.5 Å². The van der Waals surface area contributed by atoms with Gasteiger partial charge in [-0.3, -0.25) is 4.39 Å². The fraction of sp³-hybridized carbons (Fsp3) is 0.333. The fourth-order valence-electron chi connectivity index (χ4n) is 0.887. The topological polar surface area (TPSA) is 35.2 Å². The number of anilines is 1. The number of benzene rings is 1. The van der Waals surface area contributed by atoms with Crippen molar-refractivity contribution < 1.29 is 13.5 Å². The molecule has 0 saturated carbocycles. The van der Waals surface area contributed by atoms with Crippen molar-refractivity contribution in [1.29, 1.82) is 0 Å². The third-order valence-corrected chi connectivity index (χ3v) is 1.51. The molecule has 0 unspecified atom stereocenters. The van der Waals surface area contributed by atoms with E-state index in [2.05, 4.69) is 0 Å². The van der Waals surface area contributed by atoms with Gasteiger partial charge in [0, 0.05) is 12.5 Å². The van der Waals surface area contributed by atoms with Crippen molar-refractivity contribution in [2.45, 2.75) is 6.42 Å². The minimum absolute atomic E-state index is 0.235. The van der Waals surface area contributed by atoms with E-state index < -0.39 is 12.5 Å². The highest BCUT2D eigenvalue weighted by atomic mass is 19.1. The number of hydrogen-bond acceptors (Lipinski definition) is 2. The quantitative estimate of drug-likeness (QED) is 0.579. The lowest BCUT2D eigenvalue weighted by Gasteiger charge is -2.07. The van der Waals surface area contributed by atoms with Gasteiger partial charge in [0.1, 0.15) is 11.6 Å². The first-order valence-electron chi connectivity index (χ1n) is 3.98. The van der Waals surface area contributed by atoms with Crippen LogP contribution in [0.5, 0.6) is 5.75 Å². The lowest BCUT2D eigenvalue weighted by molar-refractivity contribution is 0.290. The Hall–Kier alpha value is -1.32. The minimum Gasteiger partial charge on any atom is -0.491 e. The monoisotopic (exact) mass is 187 g/mol. The van der Waals surface area contributed by atoms with Crippen molar-refractivity contribution >= 4 is 5.69 Å².